The number of aliphatic hydroxyl groups is 1. The molecule has 3 N–H and O–H groups in total. The van der Waals surface area contributed by atoms with Crippen molar-refractivity contribution in [2.75, 3.05) is 20.3 Å². The molecule has 114 valence electrons. The number of carbonyl (C=O) groups is 1. The molecule has 0 aliphatic carbocycles. The summed E-state index contributed by atoms with van der Waals surface area (Å²) < 4.78 is 4.91. The maximum atomic E-state index is 11.9. The van der Waals surface area contributed by atoms with E-state index in [0.29, 0.717) is 18.9 Å². The van der Waals surface area contributed by atoms with Gasteiger partial charge in [-0.15, -0.1) is 5.10 Å². The van der Waals surface area contributed by atoms with Gasteiger partial charge in [0.05, 0.1) is 5.60 Å². The van der Waals surface area contributed by atoms with E-state index >= 15 is 0 Å². The maximum Gasteiger partial charge on any atom is 0.291 e. The molecule has 1 rings (SSSR count). The van der Waals surface area contributed by atoms with Crippen LogP contribution in [0.25, 0.3) is 0 Å². The molecule has 1 aromatic heterocycles. The molecule has 0 fully saturated rings. The van der Waals surface area contributed by atoms with Crippen LogP contribution in [0.5, 0.6) is 0 Å². The summed E-state index contributed by atoms with van der Waals surface area (Å²) in [5.74, 6) is 0.320. The van der Waals surface area contributed by atoms with E-state index in [2.05, 4.69) is 20.5 Å². The molecule has 1 amide bonds. The zero-order valence-corrected chi connectivity index (χ0v) is 12.8. The van der Waals surface area contributed by atoms with E-state index < -0.39 is 11.5 Å². The summed E-state index contributed by atoms with van der Waals surface area (Å²) in [6.07, 6.45) is 0.436. The van der Waals surface area contributed by atoms with Crippen LogP contribution in [0.15, 0.2) is 0 Å². The Hall–Kier alpha value is -1.47. The fraction of sp³-hybridized carbons (Fsp3) is 0.769. The minimum Gasteiger partial charge on any atom is -0.388 e. The molecule has 0 spiro atoms. The summed E-state index contributed by atoms with van der Waals surface area (Å²) in [7, 11) is 1.57. The van der Waals surface area contributed by atoms with Crippen LogP contribution in [-0.4, -0.2) is 52.1 Å². The Morgan fingerprint density at radius 1 is 1.40 bits per heavy atom. The van der Waals surface area contributed by atoms with Crippen molar-refractivity contribution in [1.82, 2.24) is 20.5 Å². The normalized spacial score (nSPS) is 14.9. The highest BCUT2D eigenvalue weighted by atomic mass is 16.5. The maximum absolute atomic E-state index is 11.9. The average Bonchev–Trinajstić information content (AvgIpc) is 2.83. The number of nitrogens with zero attached hydrogens (tertiary/aromatic N) is 2. The van der Waals surface area contributed by atoms with Crippen LogP contribution in [0.2, 0.25) is 0 Å². The zero-order valence-electron chi connectivity index (χ0n) is 12.8. The van der Waals surface area contributed by atoms with Gasteiger partial charge in [-0.1, -0.05) is 20.8 Å². The molecule has 1 unspecified atom stereocenters. The van der Waals surface area contributed by atoms with E-state index in [1.54, 1.807) is 14.0 Å². The Balaban J connectivity index is 2.57. The number of nitrogens with one attached hydrogen (secondary N) is 2. The number of aromatic amines is 1. The molecule has 0 saturated heterocycles. The van der Waals surface area contributed by atoms with E-state index in [0.717, 1.165) is 0 Å². The lowest BCUT2D eigenvalue weighted by Crippen LogP contribution is -2.41. The van der Waals surface area contributed by atoms with Gasteiger partial charge in [0.25, 0.3) is 5.91 Å². The number of methoxy groups -OCH3 is 1. The van der Waals surface area contributed by atoms with E-state index in [9.17, 15) is 9.90 Å². The zero-order chi connectivity index (χ0) is 15.4. The van der Waals surface area contributed by atoms with Crippen LogP contribution in [0.1, 0.15) is 50.6 Å². The third-order valence-electron chi connectivity index (χ3n) is 2.87. The number of amides is 1. The molecule has 20 heavy (non-hydrogen) atoms. The largest absolute Gasteiger partial charge is 0.388 e. The lowest BCUT2D eigenvalue weighted by molar-refractivity contribution is 0.0242. The first-order chi connectivity index (χ1) is 9.15. The number of hydrogen-bond acceptors (Lipinski definition) is 5. The molecule has 1 heterocycles. The number of H-pyrrole nitrogens is 1. The van der Waals surface area contributed by atoms with Crippen molar-refractivity contribution in [2.45, 2.75) is 45.1 Å². The third kappa shape index (κ3) is 4.90. The molecular formula is C13H24N4O3. The van der Waals surface area contributed by atoms with Crippen LogP contribution in [0.4, 0.5) is 0 Å². The number of aromatic nitrogens is 3. The van der Waals surface area contributed by atoms with Crippen LogP contribution >= 0.6 is 0 Å². The second kappa shape index (κ2) is 6.32. The van der Waals surface area contributed by atoms with E-state index in [1.807, 2.05) is 20.8 Å². The van der Waals surface area contributed by atoms with Crippen LogP contribution < -0.4 is 5.32 Å². The highest BCUT2D eigenvalue weighted by molar-refractivity contribution is 5.90. The first-order valence-corrected chi connectivity index (χ1v) is 6.58. The fourth-order valence-electron chi connectivity index (χ4n) is 1.46. The smallest absolute Gasteiger partial charge is 0.291 e. The number of rotatable bonds is 6. The predicted molar refractivity (Wildman–Crippen MR) is 74.5 cm³/mol. The van der Waals surface area contributed by atoms with Gasteiger partial charge in [0, 0.05) is 32.1 Å². The second-order valence-electron chi connectivity index (χ2n) is 6.18. The molecule has 0 bridgehead atoms. The van der Waals surface area contributed by atoms with E-state index in [-0.39, 0.29) is 17.8 Å². The van der Waals surface area contributed by atoms with E-state index in [1.165, 1.54) is 0 Å². The van der Waals surface area contributed by atoms with Gasteiger partial charge in [0.2, 0.25) is 5.82 Å². The minimum absolute atomic E-state index is 0.0810. The molecule has 0 aliphatic rings. The summed E-state index contributed by atoms with van der Waals surface area (Å²) in [5.41, 5.74) is -1.22. The van der Waals surface area contributed by atoms with Gasteiger partial charge in [-0.05, 0) is 6.92 Å². The molecule has 1 aromatic rings. The standard InChI is InChI=1S/C13H24N4O3/c1-12(2,3)11-15-9(16-17-11)10(18)14-8-13(4,19)6-7-20-5/h19H,6-8H2,1-5H3,(H,14,18)(H,15,16,17). The van der Waals surface area contributed by atoms with Gasteiger partial charge in [0.15, 0.2) is 0 Å². The molecular weight excluding hydrogens is 260 g/mol. The molecule has 7 nitrogen and oxygen atoms in total. The highest BCUT2D eigenvalue weighted by Gasteiger charge is 2.24. The third-order valence-corrected chi connectivity index (χ3v) is 2.87. The quantitative estimate of drug-likeness (QED) is 0.711. The van der Waals surface area contributed by atoms with Crippen molar-refractivity contribution in [2.24, 2.45) is 0 Å². The van der Waals surface area contributed by atoms with Crippen molar-refractivity contribution in [3.8, 4) is 0 Å². The van der Waals surface area contributed by atoms with E-state index in [4.69, 9.17) is 4.74 Å². The van der Waals surface area contributed by atoms with Crippen molar-refractivity contribution in [3.05, 3.63) is 11.6 Å². The Morgan fingerprint density at radius 2 is 2.05 bits per heavy atom. The predicted octanol–water partition coefficient (Wildman–Crippen LogP) is 0.619. The lowest BCUT2D eigenvalue weighted by Gasteiger charge is -2.22. The first-order valence-electron chi connectivity index (χ1n) is 6.58. The first kappa shape index (κ1) is 16.6. The van der Waals surface area contributed by atoms with Gasteiger partial charge < -0.3 is 15.2 Å². The SMILES string of the molecule is COCCC(C)(O)CNC(=O)c1n[nH]c(C(C)(C)C)n1. The van der Waals surface area contributed by atoms with Crippen molar-refractivity contribution < 1.29 is 14.6 Å². The van der Waals surface area contributed by atoms with Crippen molar-refractivity contribution >= 4 is 5.91 Å². The molecule has 0 aromatic carbocycles. The summed E-state index contributed by atoms with van der Waals surface area (Å²) in [6.45, 7) is 8.12. The van der Waals surface area contributed by atoms with Gasteiger partial charge in [-0.25, -0.2) is 4.98 Å². The van der Waals surface area contributed by atoms with Gasteiger partial charge in [0.1, 0.15) is 5.82 Å². The number of hydrogen-bond donors (Lipinski definition) is 3. The number of ether oxygens (including phenoxy) is 1. The second-order valence-corrected chi connectivity index (χ2v) is 6.18. The summed E-state index contributed by atoms with van der Waals surface area (Å²) in [4.78, 5) is 16.1. The highest BCUT2D eigenvalue weighted by Crippen LogP contribution is 2.17. The Bertz CT molecular complexity index is 449. The minimum atomic E-state index is -1.02. The van der Waals surface area contributed by atoms with Crippen molar-refractivity contribution in [3.63, 3.8) is 0 Å². The number of carbonyl (C=O) groups excluding carboxylic acids is 1. The lowest BCUT2D eigenvalue weighted by atomic mass is 9.96. The van der Waals surface area contributed by atoms with Crippen LogP contribution in [0, 0.1) is 0 Å². The Labute approximate surface area is 119 Å². The molecule has 0 saturated carbocycles. The molecule has 0 aliphatic heterocycles. The summed E-state index contributed by atoms with van der Waals surface area (Å²) >= 11 is 0. The van der Waals surface area contributed by atoms with Crippen LogP contribution in [0.3, 0.4) is 0 Å². The molecule has 1 atom stereocenters. The Morgan fingerprint density at radius 3 is 2.55 bits per heavy atom. The fourth-order valence-corrected chi connectivity index (χ4v) is 1.46. The Kier molecular flexibility index (Phi) is 5.24. The topological polar surface area (TPSA) is 100 Å². The summed E-state index contributed by atoms with van der Waals surface area (Å²) in [6, 6.07) is 0. The monoisotopic (exact) mass is 284 g/mol. The summed E-state index contributed by atoms with van der Waals surface area (Å²) in [5, 5.41) is 19.3. The van der Waals surface area contributed by atoms with Gasteiger partial charge in [-0.3, -0.25) is 9.89 Å². The van der Waals surface area contributed by atoms with Gasteiger partial charge in [-0.2, -0.15) is 0 Å². The molecule has 7 heteroatoms. The average molecular weight is 284 g/mol. The molecule has 0 radical (unpaired) electrons. The van der Waals surface area contributed by atoms with Crippen LogP contribution in [-0.2, 0) is 10.2 Å². The van der Waals surface area contributed by atoms with Gasteiger partial charge >= 0.3 is 0 Å². The van der Waals surface area contributed by atoms with Crippen molar-refractivity contribution in [1.29, 1.82) is 0 Å².